The highest BCUT2D eigenvalue weighted by molar-refractivity contribution is 7.10. The quantitative estimate of drug-likeness (QED) is 0.864. The van der Waals surface area contributed by atoms with Gasteiger partial charge in [-0.05, 0) is 30.5 Å². The van der Waals surface area contributed by atoms with E-state index in [1.165, 1.54) is 0 Å². The Balaban J connectivity index is 2.04. The largest absolute Gasteiger partial charge is 0.382 e. The molecular formula is C11H12N4OS. The zero-order valence-corrected chi connectivity index (χ0v) is 10.1. The van der Waals surface area contributed by atoms with Gasteiger partial charge in [0.25, 0.3) is 5.91 Å². The van der Waals surface area contributed by atoms with Crippen molar-refractivity contribution in [3.05, 3.63) is 40.2 Å². The number of aromatic nitrogens is 2. The number of rotatable bonds is 3. The molecule has 6 heteroatoms. The molecule has 2 aromatic rings. The van der Waals surface area contributed by atoms with Crippen molar-refractivity contribution in [2.45, 2.75) is 13.0 Å². The molecule has 0 saturated heterocycles. The van der Waals surface area contributed by atoms with Gasteiger partial charge in [-0.25, -0.2) is 0 Å². The highest BCUT2D eigenvalue weighted by Crippen LogP contribution is 2.18. The van der Waals surface area contributed by atoms with Gasteiger partial charge in [0.1, 0.15) is 5.82 Å². The van der Waals surface area contributed by atoms with Gasteiger partial charge in [0.05, 0.1) is 6.04 Å². The molecule has 2 aromatic heterocycles. The Morgan fingerprint density at radius 2 is 2.24 bits per heavy atom. The summed E-state index contributed by atoms with van der Waals surface area (Å²) >= 11 is 1.60. The van der Waals surface area contributed by atoms with Gasteiger partial charge in [0.15, 0.2) is 5.69 Å². The Bertz CT molecular complexity index is 495. The molecule has 0 aliphatic carbocycles. The van der Waals surface area contributed by atoms with Crippen LogP contribution >= 0.6 is 11.3 Å². The van der Waals surface area contributed by atoms with Gasteiger partial charge >= 0.3 is 0 Å². The fraction of sp³-hybridized carbons (Fsp3) is 0.182. The number of carbonyl (C=O) groups excluding carboxylic acids is 1. The van der Waals surface area contributed by atoms with E-state index in [1.807, 2.05) is 24.4 Å². The molecule has 0 fully saturated rings. The molecule has 2 heterocycles. The van der Waals surface area contributed by atoms with E-state index in [2.05, 4.69) is 15.5 Å². The van der Waals surface area contributed by atoms with Crippen LogP contribution in [0.4, 0.5) is 5.82 Å². The first kappa shape index (κ1) is 11.5. The maximum atomic E-state index is 11.8. The number of amides is 1. The van der Waals surface area contributed by atoms with Crippen molar-refractivity contribution in [3.8, 4) is 0 Å². The van der Waals surface area contributed by atoms with Gasteiger partial charge in [-0.3, -0.25) is 4.79 Å². The number of hydrogen-bond acceptors (Lipinski definition) is 5. The maximum absolute atomic E-state index is 11.8. The molecule has 0 aliphatic heterocycles. The lowest BCUT2D eigenvalue weighted by molar-refractivity contribution is 0.0934. The Morgan fingerprint density at radius 1 is 1.41 bits per heavy atom. The van der Waals surface area contributed by atoms with Gasteiger partial charge < -0.3 is 11.1 Å². The van der Waals surface area contributed by atoms with E-state index in [4.69, 9.17) is 5.73 Å². The summed E-state index contributed by atoms with van der Waals surface area (Å²) in [6.45, 7) is 1.93. The van der Waals surface area contributed by atoms with Crippen LogP contribution in [0.25, 0.3) is 0 Å². The predicted molar refractivity (Wildman–Crippen MR) is 66.6 cm³/mol. The zero-order valence-electron chi connectivity index (χ0n) is 9.25. The summed E-state index contributed by atoms with van der Waals surface area (Å²) in [5.41, 5.74) is 5.67. The SMILES string of the molecule is CC(NC(=O)c1ccc(N)nn1)c1cccs1. The number of hydrogen-bond donors (Lipinski definition) is 2. The highest BCUT2D eigenvalue weighted by atomic mass is 32.1. The lowest BCUT2D eigenvalue weighted by Crippen LogP contribution is -2.27. The second-order valence-electron chi connectivity index (χ2n) is 3.55. The lowest BCUT2D eigenvalue weighted by atomic mass is 10.2. The lowest BCUT2D eigenvalue weighted by Gasteiger charge is -2.11. The fourth-order valence-corrected chi connectivity index (χ4v) is 2.08. The van der Waals surface area contributed by atoms with E-state index in [-0.39, 0.29) is 17.6 Å². The van der Waals surface area contributed by atoms with E-state index < -0.39 is 0 Å². The highest BCUT2D eigenvalue weighted by Gasteiger charge is 2.13. The summed E-state index contributed by atoms with van der Waals surface area (Å²) in [6, 6.07) is 6.99. The second-order valence-corrected chi connectivity index (χ2v) is 4.53. The van der Waals surface area contributed by atoms with Crippen molar-refractivity contribution < 1.29 is 4.79 Å². The summed E-state index contributed by atoms with van der Waals surface area (Å²) in [7, 11) is 0. The Hall–Kier alpha value is -1.95. The van der Waals surface area contributed by atoms with Gasteiger partial charge in [-0.2, -0.15) is 0 Å². The average Bonchev–Trinajstić information content (AvgIpc) is 2.83. The van der Waals surface area contributed by atoms with Crippen LogP contribution in [0.1, 0.15) is 28.3 Å². The first-order valence-electron chi connectivity index (χ1n) is 5.10. The van der Waals surface area contributed by atoms with E-state index in [0.29, 0.717) is 5.82 Å². The fourth-order valence-electron chi connectivity index (χ4n) is 1.34. The summed E-state index contributed by atoms with van der Waals surface area (Å²) in [5.74, 6) is 0.0475. The third kappa shape index (κ3) is 2.79. The van der Waals surface area contributed by atoms with Crippen molar-refractivity contribution in [1.82, 2.24) is 15.5 Å². The van der Waals surface area contributed by atoms with Gasteiger partial charge in [-0.15, -0.1) is 21.5 Å². The molecule has 3 N–H and O–H groups in total. The van der Waals surface area contributed by atoms with Crippen LogP contribution in [-0.4, -0.2) is 16.1 Å². The molecule has 1 unspecified atom stereocenters. The van der Waals surface area contributed by atoms with Crippen LogP contribution in [0.5, 0.6) is 0 Å². The van der Waals surface area contributed by atoms with Crippen molar-refractivity contribution >= 4 is 23.1 Å². The van der Waals surface area contributed by atoms with Gasteiger partial charge in [0, 0.05) is 4.88 Å². The standard InChI is InChI=1S/C11H12N4OS/c1-7(9-3-2-6-17-9)13-11(16)8-4-5-10(12)15-14-8/h2-7H,1H3,(H2,12,15)(H,13,16). The van der Waals surface area contributed by atoms with E-state index in [1.54, 1.807) is 23.5 Å². The molecule has 5 nitrogen and oxygen atoms in total. The van der Waals surface area contributed by atoms with E-state index in [0.717, 1.165) is 4.88 Å². The van der Waals surface area contributed by atoms with Crippen molar-refractivity contribution in [2.75, 3.05) is 5.73 Å². The first-order valence-corrected chi connectivity index (χ1v) is 5.98. The summed E-state index contributed by atoms with van der Waals surface area (Å²) in [6.07, 6.45) is 0. The van der Waals surface area contributed by atoms with Crippen LogP contribution in [0.3, 0.4) is 0 Å². The van der Waals surface area contributed by atoms with Crippen LogP contribution in [0.15, 0.2) is 29.6 Å². The van der Waals surface area contributed by atoms with Crippen molar-refractivity contribution in [1.29, 1.82) is 0 Å². The molecule has 88 valence electrons. The Labute approximate surface area is 103 Å². The molecule has 0 aliphatic rings. The molecular weight excluding hydrogens is 236 g/mol. The molecule has 0 aromatic carbocycles. The summed E-state index contributed by atoms with van der Waals surface area (Å²) in [5, 5.41) is 12.2. The molecule has 0 spiro atoms. The number of nitrogen functional groups attached to an aromatic ring is 1. The van der Waals surface area contributed by atoms with E-state index in [9.17, 15) is 4.79 Å². The third-order valence-electron chi connectivity index (χ3n) is 2.24. The first-order chi connectivity index (χ1) is 8.16. The zero-order chi connectivity index (χ0) is 12.3. The predicted octanol–water partition coefficient (Wildman–Crippen LogP) is 1.61. The molecule has 2 rings (SSSR count). The minimum atomic E-state index is -0.251. The van der Waals surface area contributed by atoms with Crippen LogP contribution < -0.4 is 11.1 Å². The van der Waals surface area contributed by atoms with Crippen LogP contribution in [-0.2, 0) is 0 Å². The number of carbonyl (C=O) groups is 1. The van der Waals surface area contributed by atoms with Crippen LogP contribution in [0.2, 0.25) is 0 Å². The number of nitrogens with one attached hydrogen (secondary N) is 1. The monoisotopic (exact) mass is 248 g/mol. The minimum absolute atomic E-state index is 0.0400. The molecule has 1 atom stereocenters. The van der Waals surface area contributed by atoms with Crippen LogP contribution in [0, 0.1) is 0 Å². The number of nitrogens with zero attached hydrogens (tertiary/aromatic N) is 2. The molecule has 0 saturated carbocycles. The second kappa shape index (κ2) is 4.92. The molecule has 0 bridgehead atoms. The Kier molecular flexibility index (Phi) is 3.34. The van der Waals surface area contributed by atoms with Crippen molar-refractivity contribution in [2.24, 2.45) is 0 Å². The summed E-state index contributed by atoms with van der Waals surface area (Å²) in [4.78, 5) is 12.9. The number of thiophene rings is 1. The Morgan fingerprint density at radius 3 is 2.82 bits per heavy atom. The summed E-state index contributed by atoms with van der Waals surface area (Å²) < 4.78 is 0. The van der Waals surface area contributed by atoms with Crippen molar-refractivity contribution in [3.63, 3.8) is 0 Å². The maximum Gasteiger partial charge on any atom is 0.272 e. The minimum Gasteiger partial charge on any atom is -0.382 e. The smallest absolute Gasteiger partial charge is 0.272 e. The van der Waals surface area contributed by atoms with E-state index >= 15 is 0 Å². The van der Waals surface area contributed by atoms with Gasteiger partial charge in [0.2, 0.25) is 0 Å². The normalized spacial score (nSPS) is 12.1. The third-order valence-corrected chi connectivity index (χ3v) is 3.29. The topological polar surface area (TPSA) is 80.9 Å². The molecule has 1 amide bonds. The number of nitrogens with two attached hydrogens (primary N) is 1. The molecule has 0 radical (unpaired) electrons. The number of anilines is 1. The van der Waals surface area contributed by atoms with Gasteiger partial charge in [-0.1, -0.05) is 6.07 Å². The molecule has 17 heavy (non-hydrogen) atoms. The average molecular weight is 248 g/mol.